The molecular formula is C18H20Cl2N6O. The number of pyridine rings is 2. The summed E-state index contributed by atoms with van der Waals surface area (Å²) in [6.45, 7) is 0. The number of anilines is 2. The van der Waals surface area contributed by atoms with Gasteiger partial charge in [0.05, 0.1) is 24.8 Å². The molecule has 27 heavy (non-hydrogen) atoms. The van der Waals surface area contributed by atoms with E-state index in [9.17, 15) is 5.11 Å². The van der Waals surface area contributed by atoms with Crippen molar-refractivity contribution in [3.63, 3.8) is 0 Å². The van der Waals surface area contributed by atoms with Crippen LogP contribution in [0.1, 0.15) is 0 Å². The van der Waals surface area contributed by atoms with E-state index < -0.39 is 5.88 Å². The molecule has 0 unspecified atom stereocenters. The lowest BCUT2D eigenvalue weighted by molar-refractivity contribution is -0.614. The Bertz CT molecular complexity index is 914. The predicted octanol–water partition coefficient (Wildman–Crippen LogP) is -2.11. The van der Waals surface area contributed by atoms with Crippen molar-refractivity contribution in [3.05, 3.63) is 54.1 Å². The van der Waals surface area contributed by atoms with E-state index in [1.54, 1.807) is 9.13 Å². The third-order valence-electron chi connectivity index (χ3n) is 3.92. The summed E-state index contributed by atoms with van der Waals surface area (Å²) in [5.74, 6) is 0.0973. The van der Waals surface area contributed by atoms with Gasteiger partial charge in [-0.25, -0.2) is 4.57 Å². The highest BCUT2D eigenvalue weighted by Gasteiger charge is 2.23. The molecule has 0 spiro atoms. The summed E-state index contributed by atoms with van der Waals surface area (Å²) in [5.41, 5.74) is 2.06. The van der Waals surface area contributed by atoms with Crippen molar-refractivity contribution in [2.75, 3.05) is 38.0 Å². The van der Waals surface area contributed by atoms with E-state index in [0.717, 1.165) is 11.4 Å². The quantitative estimate of drug-likeness (QED) is 0.464. The van der Waals surface area contributed by atoms with Gasteiger partial charge in [-0.1, -0.05) is 16.6 Å². The molecule has 0 radical (unpaired) electrons. The molecule has 3 rings (SSSR count). The minimum Gasteiger partial charge on any atom is -1.00 e. The summed E-state index contributed by atoms with van der Waals surface area (Å²) in [7, 11) is 7.83. The molecule has 0 amide bonds. The molecule has 0 N–H and O–H groups in total. The van der Waals surface area contributed by atoms with Gasteiger partial charge in [0.1, 0.15) is 5.88 Å². The molecule has 0 saturated carbocycles. The summed E-state index contributed by atoms with van der Waals surface area (Å²) in [4.78, 5) is 12.4. The van der Waals surface area contributed by atoms with Gasteiger partial charge in [0.15, 0.2) is 5.02 Å². The SMILES string of the molecule is CN(C)c1cc[n+](-c2nc([O-])c(Cl)c(-[n+]3ccc(N(C)C)cc3)n2)cc1.[Cl-]. The summed E-state index contributed by atoms with van der Waals surface area (Å²) in [5, 5.41) is 12.2. The van der Waals surface area contributed by atoms with E-state index in [4.69, 9.17) is 11.6 Å². The largest absolute Gasteiger partial charge is 1.00 e. The van der Waals surface area contributed by atoms with E-state index in [2.05, 4.69) is 9.97 Å². The highest BCUT2D eigenvalue weighted by Crippen LogP contribution is 2.22. The first kappa shape index (κ1) is 20.7. The molecule has 7 nitrogen and oxygen atoms in total. The molecule has 3 heterocycles. The van der Waals surface area contributed by atoms with Gasteiger partial charge in [-0.15, -0.1) is 0 Å². The fourth-order valence-corrected chi connectivity index (χ4v) is 2.58. The van der Waals surface area contributed by atoms with Crippen LogP contribution in [0.5, 0.6) is 5.88 Å². The molecule has 142 valence electrons. The zero-order valence-electron chi connectivity index (χ0n) is 15.5. The van der Waals surface area contributed by atoms with Crippen molar-refractivity contribution in [1.29, 1.82) is 0 Å². The predicted molar refractivity (Wildman–Crippen MR) is 98.2 cm³/mol. The van der Waals surface area contributed by atoms with Crippen molar-refractivity contribution >= 4 is 23.0 Å². The highest BCUT2D eigenvalue weighted by atomic mass is 35.5. The molecule has 0 atom stereocenters. The van der Waals surface area contributed by atoms with Crippen LogP contribution < -0.4 is 36.4 Å². The van der Waals surface area contributed by atoms with Crippen LogP contribution in [0.4, 0.5) is 11.4 Å². The molecule has 0 aromatic carbocycles. The van der Waals surface area contributed by atoms with Crippen LogP contribution in [0.25, 0.3) is 11.8 Å². The van der Waals surface area contributed by atoms with Crippen LogP contribution in [0.2, 0.25) is 5.02 Å². The second-order valence-electron chi connectivity index (χ2n) is 6.18. The molecule has 0 bridgehead atoms. The van der Waals surface area contributed by atoms with Crippen LogP contribution in [0.3, 0.4) is 0 Å². The van der Waals surface area contributed by atoms with Crippen LogP contribution in [0, 0.1) is 0 Å². The molecule has 0 aliphatic carbocycles. The van der Waals surface area contributed by atoms with E-state index in [1.165, 1.54) is 0 Å². The molecule has 9 heteroatoms. The minimum absolute atomic E-state index is 0. The first-order valence-electron chi connectivity index (χ1n) is 7.99. The van der Waals surface area contributed by atoms with Gasteiger partial charge in [0.25, 0.3) is 0 Å². The Labute approximate surface area is 169 Å². The third kappa shape index (κ3) is 4.37. The number of nitrogens with zero attached hydrogens (tertiary/aromatic N) is 6. The number of hydrogen-bond donors (Lipinski definition) is 0. The first-order chi connectivity index (χ1) is 12.4. The maximum absolute atomic E-state index is 12.2. The average Bonchev–Trinajstić information content (AvgIpc) is 2.64. The molecule has 0 aliphatic heterocycles. The van der Waals surface area contributed by atoms with Gasteiger partial charge in [0.2, 0.25) is 0 Å². The Hall–Kier alpha value is -2.64. The lowest BCUT2D eigenvalue weighted by Crippen LogP contribution is -3.00. The molecule has 0 aliphatic rings. The smallest absolute Gasteiger partial charge is 0.476 e. The first-order valence-corrected chi connectivity index (χ1v) is 8.37. The maximum atomic E-state index is 12.2. The number of rotatable bonds is 4. The summed E-state index contributed by atoms with van der Waals surface area (Å²) >= 11 is 6.17. The van der Waals surface area contributed by atoms with Crippen LogP contribution in [-0.4, -0.2) is 38.2 Å². The number of halogens is 2. The van der Waals surface area contributed by atoms with Gasteiger partial charge >= 0.3 is 11.8 Å². The van der Waals surface area contributed by atoms with Crippen LogP contribution in [0.15, 0.2) is 49.1 Å². The number of aromatic nitrogens is 4. The Morgan fingerprint density at radius 3 is 1.70 bits per heavy atom. The van der Waals surface area contributed by atoms with Crippen molar-refractivity contribution < 1.29 is 26.6 Å². The topological polar surface area (TPSA) is 63.1 Å². The Morgan fingerprint density at radius 2 is 1.26 bits per heavy atom. The van der Waals surface area contributed by atoms with Gasteiger partial charge in [-0.05, 0) is 12.1 Å². The standard InChI is InChI=1S/C18H20ClN6O.ClH/c1-22(2)13-5-9-24(10-6-13)16-15(19)17(26)21-18(20-16)25-11-7-14(8-12-25)23(3)4;/h5-12H,1-4H3;1H/q+1;/p-1. The van der Waals surface area contributed by atoms with Gasteiger partial charge in [-0.2, -0.15) is 4.57 Å². The Balaban J connectivity index is 0.00000261. The zero-order valence-corrected chi connectivity index (χ0v) is 17.0. The van der Waals surface area contributed by atoms with E-state index in [-0.39, 0.29) is 23.4 Å². The third-order valence-corrected chi connectivity index (χ3v) is 4.25. The summed E-state index contributed by atoms with van der Waals surface area (Å²) in [6.07, 6.45) is 7.24. The number of hydrogen-bond acceptors (Lipinski definition) is 5. The second kappa shape index (κ2) is 8.37. The molecular weight excluding hydrogens is 387 g/mol. The van der Waals surface area contributed by atoms with Crippen molar-refractivity contribution in [1.82, 2.24) is 9.97 Å². The van der Waals surface area contributed by atoms with Gasteiger partial charge < -0.3 is 27.3 Å². The van der Waals surface area contributed by atoms with Crippen molar-refractivity contribution in [2.24, 2.45) is 0 Å². The average molecular weight is 407 g/mol. The van der Waals surface area contributed by atoms with E-state index >= 15 is 0 Å². The van der Waals surface area contributed by atoms with Gasteiger partial charge in [0, 0.05) is 56.7 Å². The normalized spacial score (nSPS) is 10.3. The Kier molecular flexibility index (Phi) is 6.41. The second-order valence-corrected chi connectivity index (χ2v) is 6.56. The molecule has 3 aromatic heterocycles. The van der Waals surface area contributed by atoms with E-state index in [1.807, 2.05) is 87.0 Å². The van der Waals surface area contributed by atoms with Crippen molar-refractivity contribution in [3.8, 4) is 17.6 Å². The minimum atomic E-state index is -0.514. The van der Waals surface area contributed by atoms with Gasteiger partial charge in [-0.3, -0.25) is 0 Å². The zero-order chi connectivity index (χ0) is 18.8. The lowest BCUT2D eigenvalue weighted by Gasteiger charge is -2.12. The molecule has 0 fully saturated rings. The lowest BCUT2D eigenvalue weighted by atomic mass is 10.3. The monoisotopic (exact) mass is 406 g/mol. The van der Waals surface area contributed by atoms with Crippen LogP contribution >= 0.6 is 11.6 Å². The molecule has 3 aromatic rings. The summed E-state index contributed by atoms with van der Waals surface area (Å²) < 4.78 is 3.39. The van der Waals surface area contributed by atoms with E-state index in [0.29, 0.717) is 5.82 Å². The van der Waals surface area contributed by atoms with Crippen molar-refractivity contribution in [2.45, 2.75) is 0 Å². The van der Waals surface area contributed by atoms with Crippen LogP contribution in [-0.2, 0) is 0 Å². The Morgan fingerprint density at radius 1 is 0.815 bits per heavy atom. The molecule has 0 saturated heterocycles. The maximum Gasteiger partial charge on any atom is 0.476 e. The fraction of sp³-hybridized carbons (Fsp3) is 0.222. The fourth-order valence-electron chi connectivity index (χ4n) is 2.40. The summed E-state index contributed by atoms with van der Waals surface area (Å²) in [6, 6.07) is 7.67. The highest BCUT2D eigenvalue weighted by molar-refractivity contribution is 6.33.